The van der Waals surface area contributed by atoms with Crippen LogP contribution in [0.3, 0.4) is 0 Å². The third-order valence-electron chi connectivity index (χ3n) is 1.95. The highest BCUT2D eigenvalue weighted by Crippen LogP contribution is 2.19. The summed E-state index contributed by atoms with van der Waals surface area (Å²) in [5.74, 6) is 0. The summed E-state index contributed by atoms with van der Waals surface area (Å²) < 4.78 is 5.48. The molecule has 0 spiro atoms. The number of hydrogen-bond acceptors (Lipinski definition) is 1. The molecule has 0 atom stereocenters. The van der Waals surface area contributed by atoms with Crippen LogP contribution in [0.1, 0.15) is 32.1 Å². The number of ether oxygens (including phenoxy) is 1. The molecule has 52 valence electrons. The summed E-state index contributed by atoms with van der Waals surface area (Å²) >= 11 is 0. The van der Waals surface area contributed by atoms with Gasteiger partial charge in [-0.1, -0.05) is 19.3 Å². The molecular weight excluding hydrogens is 111 g/mol. The minimum atomic E-state index is 0.601. The van der Waals surface area contributed by atoms with Crippen molar-refractivity contribution in [1.29, 1.82) is 0 Å². The average Bonchev–Trinajstić information content (AvgIpc) is 1.91. The lowest BCUT2D eigenvalue weighted by Crippen LogP contribution is -2.16. The molecule has 1 rings (SSSR count). The predicted octanol–water partition coefficient (Wildman–Crippen LogP) is 0.926. The Bertz CT molecular complexity index is 66.6. The molecule has 9 heavy (non-hydrogen) atoms. The van der Waals surface area contributed by atoms with E-state index >= 15 is 0 Å². The van der Waals surface area contributed by atoms with E-state index in [0.29, 0.717) is 6.10 Å². The van der Waals surface area contributed by atoms with Crippen LogP contribution in [-0.4, -0.2) is 20.5 Å². The van der Waals surface area contributed by atoms with Crippen molar-refractivity contribution in [2.45, 2.75) is 38.2 Å². The van der Waals surface area contributed by atoms with Gasteiger partial charge in [-0.3, -0.25) is 0 Å². The van der Waals surface area contributed by atoms with Crippen LogP contribution in [0.4, 0.5) is 0 Å². The maximum atomic E-state index is 5.48. The summed E-state index contributed by atoms with van der Waals surface area (Å²) in [6.07, 6.45) is 7.38. The van der Waals surface area contributed by atoms with Gasteiger partial charge in [-0.05, 0) is 12.8 Å². The van der Waals surface area contributed by atoms with Crippen molar-refractivity contribution in [3.8, 4) is 0 Å². The molecule has 1 saturated carbocycles. The fourth-order valence-corrected chi connectivity index (χ4v) is 1.47. The van der Waals surface area contributed by atoms with E-state index in [1.807, 2.05) is 0 Å². The first kappa shape index (κ1) is 7.14. The zero-order chi connectivity index (χ0) is 6.53. The Morgan fingerprint density at radius 3 is 2.44 bits per heavy atom. The summed E-state index contributed by atoms with van der Waals surface area (Å²) in [4.78, 5) is 0. The monoisotopic (exact) mass is 126 g/mol. The van der Waals surface area contributed by atoms with Gasteiger partial charge in [0.05, 0.1) is 6.10 Å². The van der Waals surface area contributed by atoms with Gasteiger partial charge in [-0.25, -0.2) is 0 Å². The summed E-state index contributed by atoms with van der Waals surface area (Å²) in [5.41, 5.74) is 0. The SMILES string of the molecule is BCOC1CCCCC1. The molecule has 0 bridgehead atoms. The summed E-state index contributed by atoms with van der Waals surface area (Å²) in [6.45, 7) is 0.894. The Kier molecular flexibility index (Phi) is 3.12. The maximum Gasteiger partial charge on any atom is 0.135 e. The van der Waals surface area contributed by atoms with E-state index in [1.54, 1.807) is 0 Å². The minimum absolute atomic E-state index is 0.601. The summed E-state index contributed by atoms with van der Waals surface area (Å²) in [6, 6.07) is 0. The largest absolute Gasteiger partial charge is 0.387 e. The third kappa shape index (κ3) is 2.40. The maximum absolute atomic E-state index is 5.48. The van der Waals surface area contributed by atoms with Crippen molar-refractivity contribution in [3.63, 3.8) is 0 Å². The van der Waals surface area contributed by atoms with Crippen LogP contribution in [0.5, 0.6) is 0 Å². The second kappa shape index (κ2) is 3.94. The molecule has 0 radical (unpaired) electrons. The lowest BCUT2D eigenvalue weighted by atomic mass is 9.97. The van der Waals surface area contributed by atoms with Gasteiger partial charge in [0.2, 0.25) is 0 Å². The fraction of sp³-hybridized carbons (Fsp3) is 1.00. The van der Waals surface area contributed by atoms with Crippen LogP contribution in [0.25, 0.3) is 0 Å². The first-order valence-electron chi connectivity index (χ1n) is 4.05. The van der Waals surface area contributed by atoms with Gasteiger partial charge in [-0.15, -0.1) is 0 Å². The summed E-state index contributed by atoms with van der Waals surface area (Å²) in [5, 5.41) is 0. The van der Waals surface area contributed by atoms with E-state index in [4.69, 9.17) is 4.74 Å². The average molecular weight is 126 g/mol. The molecule has 1 aliphatic carbocycles. The summed E-state index contributed by atoms with van der Waals surface area (Å²) in [7, 11) is 2.08. The van der Waals surface area contributed by atoms with Crippen LogP contribution >= 0.6 is 0 Å². The quantitative estimate of drug-likeness (QED) is 0.500. The van der Waals surface area contributed by atoms with Gasteiger partial charge in [-0.2, -0.15) is 0 Å². The van der Waals surface area contributed by atoms with Crippen molar-refractivity contribution in [1.82, 2.24) is 0 Å². The number of rotatable bonds is 2. The Morgan fingerprint density at radius 2 is 1.89 bits per heavy atom. The normalized spacial score (nSPS) is 22.2. The molecule has 0 saturated heterocycles. The van der Waals surface area contributed by atoms with E-state index in [1.165, 1.54) is 32.1 Å². The van der Waals surface area contributed by atoms with Gasteiger partial charge in [0, 0.05) is 6.51 Å². The van der Waals surface area contributed by atoms with Crippen molar-refractivity contribution < 1.29 is 4.74 Å². The third-order valence-corrected chi connectivity index (χ3v) is 1.95. The van der Waals surface area contributed by atoms with E-state index < -0.39 is 0 Å². The van der Waals surface area contributed by atoms with Crippen molar-refractivity contribution in [2.75, 3.05) is 6.51 Å². The number of hydrogen-bond donors (Lipinski definition) is 0. The second-order valence-corrected chi connectivity index (χ2v) is 2.72. The first-order valence-corrected chi connectivity index (χ1v) is 4.05. The molecule has 0 aromatic heterocycles. The lowest BCUT2D eigenvalue weighted by Gasteiger charge is -2.20. The van der Waals surface area contributed by atoms with Gasteiger partial charge >= 0.3 is 0 Å². The van der Waals surface area contributed by atoms with E-state index in [2.05, 4.69) is 7.85 Å². The van der Waals surface area contributed by atoms with Crippen molar-refractivity contribution in [2.24, 2.45) is 0 Å². The topological polar surface area (TPSA) is 9.23 Å². The van der Waals surface area contributed by atoms with Gasteiger partial charge in [0.25, 0.3) is 0 Å². The second-order valence-electron chi connectivity index (χ2n) is 2.72. The van der Waals surface area contributed by atoms with Crippen LogP contribution in [0, 0.1) is 0 Å². The van der Waals surface area contributed by atoms with Gasteiger partial charge in [0.15, 0.2) is 0 Å². The Balaban J connectivity index is 2.08. The predicted molar refractivity (Wildman–Crippen MR) is 41.4 cm³/mol. The molecule has 0 aliphatic heterocycles. The molecule has 2 heteroatoms. The van der Waals surface area contributed by atoms with Crippen molar-refractivity contribution in [3.05, 3.63) is 0 Å². The van der Waals surface area contributed by atoms with Crippen LogP contribution in [0.2, 0.25) is 0 Å². The van der Waals surface area contributed by atoms with E-state index in [-0.39, 0.29) is 0 Å². The molecule has 0 unspecified atom stereocenters. The van der Waals surface area contributed by atoms with Gasteiger partial charge < -0.3 is 4.74 Å². The Hall–Kier alpha value is 0.0249. The Labute approximate surface area is 58.2 Å². The molecular formula is C7H15BO. The molecule has 0 amide bonds. The standard InChI is InChI=1S/C7H15BO/c8-6-9-7-4-2-1-3-5-7/h7H,1-6,8H2. The van der Waals surface area contributed by atoms with Crippen LogP contribution in [0.15, 0.2) is 0 Å². The van der Waals surface area contributed by atoms with Crippen LogP contribution < -0.4 is 0 Å². The molecule has 0 aromatic rings. The van der Waals surface area contributed by atoms with Crippen molar-refractivity contribution >= 4 is 7.85 Å². The van der Waals surface area contributed by atoms with Crippen LogP contribution in [-0.2, 0) is 4.74 Å². The minimum Gasteiger partial charge on any atom is -0.387 e. The lowest BCUT2D eigenvalue weighted by molar-refractivity contribution is 0.0575. The zero-order valence-electron chi connectivity index (χ0n) is 6.23. The molecule has 1 aliphatic rings. The Morgan fingerprint density at radius 1 is 1.22 bits per heavy atom. The molecule has 1 fully saturated rings. The highest BCUT2D eigenvalue weighted by molar-refractivity contribution is 6.08. The molecule has 0 heterocycles. The van der Waals surface area contributed by atoms with E-state index in [0.717, 1.165) is 6.51 Å². The smallest absolute Gasteiger partial charge is 0.135 e. The highest BCUT2D eigenvalue weighted by Gasteiger charge is 2.11. The van der Waals surface area contributed by atoms with E-state index in [9.17, 15) is 0 Å². The first-order chi connectivity index (χ1) is 4.43. The highest BCUT2D eigenvalue weighted by atomic mass is 16.5. The molecule has 1 nitrogen and oxygen atoms in total. The molecule has 0 N–H and O–H groups in total. The fourth-order valence-electron chi connectivity index (χ4n) is 1.47. The molecule has 0 aromatic carbocycles. The van der Waals surface area contributed by atoms with Gasteiger partial charge in [0.1, 0.15) is 7.85 Å². The zero-order valence-corrected chi connectivity index (χ0v) is 6.23.